The van der Waals surface area contributed by atoms with Crippen LogP contribution in [0.2, 0.25) is 0 Å². The zero-order valence-electron chi connectivity index (χ0n) is 13.8. The van der Waals surface area contributed by atoms with Crippen LogP contribution in [0, 0.1) is 0 Å². The highest BCUT2D eigenvalue weighted by Crippen LogP contribution is 2.16. The van der Waals surface area contributed by atoms with Gasteiger partial charge in [0.05, 0.1) is 4.90 Å². The second kappa shape index (κ2) is 9.02. The minimum Gasteiger partial charge on any atom is -0.299 e. The summed E-state index contributed by atoms with van der Waals surface area (Å²) < 4.78 is 27.4. The molecule has 23 heavy (non-hydrogen) atoms. The van der Waals surface area contributed by atoms with E-state index in [1.807, 2.05) is 12.1 Å². The SMILES string of the molecule is CC1CCCCN1CCNS(=O)(=O)c1ccc(CCCCl)cc1. The number of sulfonamides is 1. The van der Waals surface area contributed by atoms with Gasteiger partial charge in [-0.2, -0.15) is 0 Å². The number of rotatable bonds is 8. The maximum atomic E-state index is 12.3. The van der Waals surface area contributed by atoms with Gasteiger partial charge in [0.15, 0.2) is 0 Å². The Morgan fingerprint density at radius 1 is 1.26 bits per heavy atom. The van der Waals surface area contributed by atoms with E-state index in [0.717, 1.165) is 31.5 Å². The van der Waals surface area contributed by atoms with Crippen LogP contribution in [-0.4, -0.2) is 44.9 Å². The summed E-state index contributed by atoms with van der Waals surface area (Å²) in [5.41, 5.74) is 1.12. The summed E-state index contributed by atoms with van der Waals surface area (Å²) in [4.78, 5) is 2.69. The topological polar surface area (TPSA) is 49.4 Å². The summed E-state index contributed by atoms with van der Waals surface area (Å²) in [6, 6.07) is 7.64. The number of nitrogens with zero attached hydrogens (tertiary/aromatic N) is 1. The molecule has 0 amide bonds. The molecule has 0 radical (unpaired) electrons. The summed E-state index contributed by atoms with van der Waals surface area (Å²) in [5.74, 6) is 0.622. The first-order chi connectivity index (χ1) is 11.0. The van der Waals surface area contributed by atoms with Crippen molar-refractivity contribution in [2.24, 2.45) is 0 Å². The van der Waals surface area contributed by atoms with Crippen LogP contribution >= 0.6 is 11.6 Å². The standard InChI is InChI=1S/C17H27ClN2O2S/c1-15-5-2-3-13-20(15)14-12-19-23(21,22)17-9-7-16(8-10-17)6-4-11-18/h7-10,15,19H,2-6,11-14H2,1H3. The fourth-order valence-electron chi connectivity index (χ4n) is 3.00. The van der Waals surface area contributed by atoms with Crippen molar-refractivity contribution >= 4 is 21.6 Å². The molecule has 1 atom stereocenters. The molecule has 0 spiro atoms. The van der Waals surface area contributed by atoms with Crippen molar-refractivity contribution in [1.82, 2.24) is 9.62 Å². The normalized spacial score (nSPS) is 19.8. The molecule has 1 heterocycles. The molecule has 1 unspecified atom stereocenters. The van der Waals surface area contributed by atoms with Crippen molar-refractivity contribution in [2.75, 3.05) is 25.5 Å². The number of hydrogen-bond donors (Lipinski definition) is 1. The minimum absolute atomic E-state index is 0.332. The van der Waals surface area contributed by atoms with Gasteiger partial charge < -0.3 is 0 Å². The molecule has 1 saturated heterocycles. The Hall–Kier alpha value is -0.620. The van der Waals surface area contributed by atoms with E-state index in [4.69, 9.17) is 11.6 Å². The molecule has 1 aromatic carbocycles. The second-order valence-corrected chi connectivity index (χ2v) is 8.36. The lowest BCUT2D eigenvalue weighted by Gasteiger charge is -2.33. The number of hydrogen-bond acceptors (Lipinski definition) is 3. The number of benzene rings is 1. The Morgan fingerprint density at radius 2 is 2.00 bits per heavy atom. The van der Waals surface area contributed by atoms with E-state index in [1.54, 1.807) is 12.1 Å². The summed E-state index contributed by atoms with van der Waals surface area (Å²) in [6.45, 7) is 4.51. The Kier molecular flexibility index (Phi) is 7.34. The molecule has 1 aromatic rings. The molecule has 1 N–H and O–H groups in total. The van der Waals surface area contributed by atoms with E-state index in [1.165, 1.54) is 19.3 Å². The van der Waals surface area contributed by atoms with Gasteiger partial charge in [-0.3, -0.25) is 4.90 Å². The third kappa shape index (κ3) is 5.75. The highest BCUT2D eigenvalue weighted by Gasteiger charge is 2.19. The number of aryl methyl sites for hydroxylation is 1. The van der Waals surface area contributed by atoms with Crippen molar-refractivity contribution in [3.05, 3.63) is 29.8 Å². The first-order valence-corrected chi connectivity index (χ1v) is 10.4. The van der Waals surface area contributed by atoms with Crippen molar-refractivity contribution in [2.45, 2.75) is 50.0 Å². The van der Waals surface area contributed by atoms with Crippen LogP contribution in [0.5, 0.6) is 0 Å². The van der Waals surface area contributed by atoms with Crippen molar-refractivity contribution in [3.63, 3.8) is 0 Å². The lowest BCUT2D eigenvalue weighted by Crippen LogP contribution is -2.42. The Morgan fingerprint density at radius 3 is 2.65 bits per heavy atom. The summed E-state index contributed by atoms with van der Waals surface area (Å²) in [5, 5.41) is 0. The van der Waals surface area contributed by atoms with Crippen LogP contribution in [-0.2, 0) is 16.4 Å². The van der Waals surface area contributed by atoms with Gasteiger partial charge in [-0.05, 0) is 56.8 Å². The highest BCUT2D eigenvalue weighted by molar-refractivity contribution is 7.89. The van der Waals surface area contributed by atoms with E-state index in [0.29, 0.717) is 23.4 Å². The number of likely N-dealkylation sites (tertiary alicyclic amines) is 1. The maximum absolute atomic E-state index is 12.3. The summed E-state index contributed by atoms with van der Waals surface area (Å²) in [7, 11) is -3.42. The molecule has 0 aromatic heterocycles. The average Bonchev–Trinajstić information content (AvgIpc) is 2.55. The van der Waals surface area contributed by atoms with Gasteiger partial charge in [-0.15, -0.1) is 11.6 Å². The van der Waals surface area contributed by atoms with Crippen LogP contribution in [0.4, 0.5) is 0 Å². The predicted octanol–water partition coefficient (Wildman–Crippen LogP) is 3.01. The van der Waals surface area contributed by atoms with E-state index in [2.05, 4.69) is 16.5 Å². The van der Waals surface area contributed by atoms with Gasteiger partial charge in [0, 0.05) is 25.0 Å². The third-order valence-electron chi connectivity index (χ3n) is 4.46. The lowest BCUT2D eigenvalue weighted by molar-refractivity contribution is 0.164. The highest BCUT2D eigenvalue weighted by atomic mass is 35.5. The molecule has 1 aliphatic rings. The second-order valence-electron chi connectivity index (χ2n) is 6.22. The predicted molar refractivity (Wildman–Crippen MR) is 95.6 cm³/mol. The molecule has 1 aliphatic heterocycles. The van der Waals surface area contributed by atoms with Gasteiger partial charge in [0.25, 0.3) is 0 Å². The molecule has 1 fully saturated rings. The van der Waals surface area contributed by atoms with E-state index in [-0.39, 0.29) is 0 Å². The number of halogens is 1. The van der Waals surface area contributed by atoms with Crippen molar-refractivity contribution < 1.29 is 8.42 Å². The maximum Gasteiger partial charge on any atom is 0.240 e. The van der Waals surface area contributed by atoms with Gasteiger partial charge in [-0.25, -0.2) is 13.1 Å². The molecule has 0 bridgehead atoms. The fraction of sp³-hybridized carbons (Fsp3) is 0.647. The molecule has 130 valence electrons. The average molecular weight is 359 g/mol. The molecule has 2 rings (SSSR count). The Labute approximate surface area is 145 Å². The smallest absolute Gasteiger partial charge is 0.240 e. The van der Waals surface area contributed by atoms with Crippen LogP contribution in [0.25, 0.3) is 0 Å². The zero-order chi connectivity index (χ0) is 16.7. The van der Waals surface area contributed by atoms with Crippen LogP contribution < -0.4 is 4.72 Å². The summed E-state index contributed by atoms with van der Waals surface area (Å²) in [6.07, 6.45) is 5.47. The van der Waals surface area contributed by atoms with E-state index < -0.39 is 10.0 Å². The molecule has 0 aliphatic carbocycles. The molecular formula is C17H27ClN2O2S. The monoisotopic (exact) mass is 358 g/mol. The molecule has 6 heteroatoms. The first-order valence-electron chi connectivity index (χ1n) is 8.41. The largest absolute Gasteiger partial charge is 0.299 e. The Bertz CT molecular complexity index is 575. The van der Waals surface area contributed by atoms with Gasteiger partial charge in [-0.1, -0.05) is 18.6 Å². The van der Waals surface area contributed by atoms with Crippen LogP contribution in [0.15, 0.2) is 29.2 Å². The number of alkyl halides is 1. The molecule has 0 saturated carbocycles. The van der Waals surface area contributed by atoms with Gasteiger partial charge in [0.2, 0.25) is 10.0 Å². The quantitative estimate of drug-likeness (QED) is 0.727. The molecule has 4 nitrogen and oxygen atoms in total. The van der Waals surface area contributed by atoms with Crippen molar-refractivity contribution in [1.29, 1.82) is 0 Å². The van der Waals surface area contributed by atoms with Gasteiger partial charge in [0.1, 0.15) is 0 Å². The number of nitrogens with one attached hydrogen (secondary N) is 1. The summed E-state index contributed by atoms with van der Waals surface area (Å²) >= 11 is 5.68. The Balaban J connectivity index is 1.85. The van der Waals surface area contributed by atoms with Crippen LogP contribution in [0.3, 0.4) is 0 Å². The van der Waals surface area contributed by atoms with Crippen LogP contribution in [0.1, 0.15) is 38.2 Å². The zero-order valence-corrected chi connectivity index (χ0v) is 15.4. The first kappa shape index (κ1) is 18.7. The van der Waals surface area contributed by atoms with E-state index in [9.17, 15) is 8.42 Å². The third-order valence-corrected chi connectivity index (χ3v) is 6.21. The van der Waals surface area contributed by atoms with Gasteiger partial charge >= 0.3 is 0 Å². The van der Waals surface area contributed by atoms with E-state index >= 15 is 0 Å². The fourth-order valence-corrected chi connectivity index (χ4v) is 4.16. The lowest BCUT2D eigenvalue weighted by atomic mass is 10.0. The minimum atomic E-state index is -3.42. The molecular weight excluding hydrogens is 332 g/mol. The van der Waals surface area contributed by atoms with Crippen molar-refractivity contribution in [3.8, 4) is 0 Å². The number of piperidine rings is 1.